The number of rotatable bonds is 12. The van der Waals surface area contributed by atoms with Gasteiger partial charge in [0.15, 0.2) is 0 Å². The Bertz CT molecular complexity index is 1490. The van der Waals surface area contributed by atoms with Crippen molar-refractivity contribution in [1.29, 1.82) is 0 Å². The Morgan fingerprint density at radius 2 is 1.83 bits per heavy atom. The summed E-state index contributed by atoms with van der Waals surface area (Å²) in [5.41, 5.74) is 8.87. The molecular weight excluding hydrogens is 530 g/mol. The van der Waals surface area contributed by atoms with Gasteiger partial charge in [0.2, 0.25) is 5.91 Å². The van der Waals surface area contributed by atoms with Crippen molar-refractivity contribution in [3.05, 3.63) is 90.3 Å². The van der Waals surface area contributed by atoms with Crippen LogP contribution >= 0.6 is 0 Å². The molecule has 2 atom stereocenters. The fourth-order valence-electron chi connectivity index (χ4n) is 5.50. The van der Waals surface area contributed by atoms with E-state index in [1.54, 1.807) is 31.4 Å². The molecule has 4 aromatic rings. The second-order valence-electron chi connectivity index (χ2n) is 10.8. The smallest absolute Gasteiger partial charge is 0.251 e. The van der Waals surface area contributed by atoms with Crippen LogP contribution in [0.25, 0.3) is 11.0 Å². The number of likely N-dealkylation sites (tertiary alicyclic amines) is 1. The summed E-state index contributed by atoms with van der Waals surface area (Å²) in [6.07, 6.45) is 2.94. The highest BCUT2D eigenvalue weighted by Gasteiger charge is 2.29. The quantitative estimate of drug-likeness (QED) is 0.239. The van der Waals surface area contributed by atoms with E-state index in [1.807, 2.05) is 53.4 Å². The van der Waals surface area contributed by atoms with Gasteiger partial charge in [-0.2, -0.15) is 0 Å². The second kappa shape index (κ2) is 14.1. The normalized spacial score (nSPS) is 15.9. The maximum Gasteiger partial charge on any atom is 0.251 e. The number of nitrogens with one attached hydrogen (secondary N) is 1. The molecule has 1 aliphatic heterocycles. The van der Waals surface area contributed by atoms with Crippen LogP contribution in [-0.4, -0.2) is 65.7 Å². The van der Waals surface area contributed by atoms with Gasteiger partial charge in [-0.1, -0.05) is 36.4 Å². The molecule has 42 heavy (non-hydrogen) atoms. The van der Waals surface area contributed by atoms with Crippen molar-refractivity contribution in [2.75, 3.05) is 33.4 Å². The summed E-state index contributed by atoms with van der Waals surface area (Å²) in [6.45, 7) is 3.01. The van der Waals surface area contributed by atoms with Crippen molar-refractivity contribution in [3.8, 4) is 11.5 Å². The van der Waals surface area contributed by atoms with Crippen LogP contribution in [0.5, 0.6) is 11.5 Å². The number of ether oxygens (including phenoxy) is 2. The van der Waals surface area contributed by atoms with Gasteiger partial charge in [0.25, 0.3) is 5.91 Å². The van der Waals surface area contributed by atoms with Gasteiger partial charge < -0.3 is 30.0 Å². The third-order valence-electron chi connectivity index (χ3n) is 7.59. The number of hydrogen-bond acceptors (Lipinski definition) is 6. The van der Waals surface area contributed by atoms with Crippen molar-refractivity contribution in [2.45, 2.75) is 44.2 Å². The summed E-state index contributed by atoms with van der Waals surface area (Å²) in [5, 5.41) is 2.87. The molecule has 9 nitrogen and oxygen atoms in total. The van der Waals surface area contributed by atoms with Gasteiger partial charge in [0, 0.05) is 63.8 Å². The summed E-state index contributed by atoms with van der Waals surface area (Å²) in [6, 6.07) is 24.1. The Hall–Kier alpha value is -4.21. The second-order valence-corrected chi connectivity index (χ2v) is 10.8. The number of aryl methyl sites for hydroxylation is 1. The van der Waals surface area contributed by atoms with E-state index in [2.05, 4.69) is 16.0 Å². The Balaban J connectivity index is 1.15. The maximum atomic E-state index is 13.3. The molecule has 0 aliphatic carbocycles. The molecule has 0 unspecified atom stereocenters. The summed E-state index contributed by atoms with van der Waals surface area (Å²) in [7, 11) is 1.72. The van der Waals surface area contributed by atoms with E-state index >= 15 is 0 Å². The summed E-state index contributed by atoms with van der Waals surface area (Å²) in [5.74, 6) is 2.18. The van der Waals surface area contributed by atoms with Crippen molar-refractivity contribution < 1.29 is 19.1 Å². The van der Waals surface area contributed by atoms with E-state index in [-0.39, 0.29) is 30.7 Å². The first kappa shape index (κ1) is 29.3. The van der Waals surface area contributed by atoms with E-state index in [0.717, 1.165) is 42.7 Å². The number of methoxy groups -OCH3 is 1. The minimum absolute atomic E-state index is 0.00162. The molecule has 0 saturated carbocycles. The van der Waals surface area contributed by atoms with Crippen molar-refractivity contribution in [1.82, 2.24) is 19.8 Å². The van der Waals surface area contributed by atoms with Crippen molar-refractivity contribution in [2.24, 2.45) is 5.73 Å². The summed E-state index contributed by atoms with van der Waals surface area (Å²) in [4.78, 5) is 32.9. The number of nitrogens with zero attached hydrogens (tertiary/aromatic N) is 3. The summed E-state index contributed by atoms with van der Waals surface area (Å²) < 4.78 is 13.4. The van der Waals surface area contributed by atoms with Crippen LogP contribution in [0.1, 0.15) is 47.8 Å². The predicted octanol–water partition coefficient (Wildman–Crippen LogP) is 4.72. The number of hydrogen-bond donors (Lipinski definition) is 2. The molecule has 1 fully saturated rings. The summed E-state index contributed by atoms with van der Waals surface area (Å²) >= 11 is 0. The highest BCUT2D eigenvalue weighted by Crippen LogP contribution is 2.30. The SMILES string of the molecule is COCCCn1c([C@@H]2CCCN(C(=O)C[C@H](N)CNC(=O)c3cccc(Oc4ccccc4)c3)C2)nc2ccccc21. The average Bonchev–Trinajstić information content (AvgIpc) is 3.39. The Labute approximate surface area is 246 Å². The molecule has 0 bridgehead atoms. The number of imidazole rings is 1. The largest absolute Gasteiger partial charge is 0.457 e. The number of nitrogens with two attached hydrogens (primary N) is 1. The molecule has 2 heterocycles. The predicted molar refractivity (Wildman–Crippen MR) is 163 cm³/mol. The van der Waals surface area contributed by atoms with E-state index in [1.165, 1.54) is 0 Å². The zero-order valence-corrected chi connectivity index (χ0v) is 24.1. The minimum atomic E-state index is -0.496. The van der Waals surface area contributed by atoms with E-state index < -0.39 is 6.04 Å². The van der Waals surface area contributed by atoms with Crippen molar-refractivity contribution in [3.63, 3.8) is 0 Å². The highest BCUT2D eigenvalue weighted by atomic mass is 16.5. The first-order valence-corrected chi connectivity index (χ1v) is 14.6. The lowest BCUT2D eigenvalue weighted by Crippen LogP contribution is -2.45. The molecule has 3 aromatic carbocycles. The Morgan fingerprint density at radius 3 is 2.67 bits per heavy atom. The van der Waals surface area contributed by atoms with Gasteiger partial charge >= 0.3 is 0 Å². The van der Waals surface area contributed by atoms with E-state index in [0.29, 0.717) is 36.8 Å². The molecule has 220 valence electrons. The number of para-hydroxylation sites is 3. The monoisotopic (exact) mass is 569 g/mol. The van der Waals surface area contributed by atoms with Gasteiger partial charge in [-0.05, 0) is 61.7 Å². The van der Waals surface area contributed by atoms with Gasteiger partial charge in [0.05, 0.1) is 11.0 Å². The van der Waals surface area contributed by atoms with Gasteiger partial charge in [0.1, 0.15) is 17.3 Å². The standard InChI is InChI=1S/C33H39N5O4/c1-41-19-9-18-38-30-16-6-5-15-29(30)36-32(38)25-11-8-17-37(23-25)31(39)21-26(34)22-35-33(40)24-10-7-14-28(20-24)42-27-12-3-2-4-13-27/h2-7,10,12-16,20,25-26H,8-9,11,17-19,21-23,34H2,1H3,(H,35,40)/t25-,26+/m1/s1. The van der Waals surface area contributed by atoms with Crippen LogP contribution in [0.4, 0.5) is 0 Å². The van der Waals surface area contributed by atoms with Gasteiger partial charge in [-0.15, -0.1) is 0 Å². The number of amides is 2. The molecule has 5 rings (SSSR count). The molecule has 1 aliphatic rings. The minimum Gasteiger partial charge on any atom is -0.457 e. The fourth-order valence-corrected chi connectivity index (χ4v) is 5.50. The number of aromatic nitrogens is 2. The highest BCUT2D eigenvalue weighted by molar-refractivity contribution is 5.94. The first-order chi connectivity index (χ1) is 20.5. The first-order valence-electron chi connectivity index (χ1n) is 14.6. The average molecular weight is 570 g/mol. The number of carbonyl (C=O) groups excluding carboxylic acids is 2. The van der Waals surface area contributed by atoms with Crippen LogP contribution in [0, 0.1) is 0 Å². The zero-order valence-electron chi connectivity index (χ0n) is 24.1. The van der Waals surface area contributed by atoms with Gasteiger partial charge in [-0.3, -0.25) is 9.59 Å². The number of fused-ring (bicyclic) bond motifs is 1. The number of piperidine rings is 1. The third kappa shape index (κ3) is 7.35. The van der Waals surface area contributed by atoms with E-state index in [9.17, 15) is 9.59 Å². The molecule has 1 aromatic heterocycles. The number of benzene rings is 3. The van der Waals surface area contributed by atoms with Crippen LogP contribution in [0.2, 0.25) is 0 Å². The molecule has 0 radical (unpaired) electrons. The lowest BCUT2D eigenvalue weighted by atomic mass is 9.96. The third-order valence-corrected chi connectivity index (χ3v) is 7.59. The topological polar surface area (TPSA) is 112 Å². The van der Waals surface area contributed by atoms with Crippen LogP contribution < -0.4 is 15.8 Å². The fraction of sp³-hybridized carbons (Fsp3) is 0.364. The Morgan fingerprint density at radius 1 is 1.05 bits per heavy atom. The zero-order chi connectivity index (χ0) is 29.3. The van der Waals surface area contributed by atoms with Crippen LogP contribution in [-0.2, 0) is 16.1 Å². The molecule has 3 N–H and O–H groups in total. The Kier molecular flexibility index (Phi) is 9.84. The molecule has 2 amide bonds. The lowest BCUT2D eigenvalue weighted by molar-refractivity contribution is -0.132. The van der Waals surface area contributed by atoms with Crippen LogP contribution in [0.3, 0.4) is 0 Å². The molecule has 9 heteroatoms. The van der Waals surface area contributed by atoms with Crippen molar-refractivity contribution >= 4 is 22.8 Å². The molecule has 0 spiro atoms. The lowest BCUT2D eigenvalue weighted by Gasteiger charge is -2.33. The molecule has 1 saturated heterocycles. The molecular formula is C33H39N5O4. The maximum absolute atomic E-state index is 13.3. The number of carbonyl (C=O) groups is 2. The van der Waals surface area contributed by atoms with Crippen LogP contribution in [0.15, 0.2) is 78.9 Å². The van der Waals surface area contributed by atoms with E-state index in [4.69, 9.17) is 20.2 Å². The van der Waals surface area contributed by atoms with Gasteiger partial charge in [-0.25, -0.2) is 4.98 Å².